The molecule has 2 aromatic rings. The van der Waals surface area contributed by atoms with E-state index in [1.807, 2.05) is 0 Å². The maximum absolute atomic E-state index is 15.3. The second kappa shape index (κ2) is 7.84. The molecule has 1 aliphatic carbocycles. The predicted molar refractivity (Wildman–Crippen MR) is 111 cm³/mol. The zero-order valence-corrected chi connectivity index (χ0v) is 17.1. The van der Waals surface area contributed by atoms with E-state index in [-0.39, 0.29) is 41.0 Å². The summed E-state index contributed by atoms with van der Waals surface area (Å²) in [5.74, 6) is 0.107. The minimum atomic E-state index is -2.91. The number of halogens is 3. The van der Waals surface area contributed by atoms with E-state index in [0.29, 0.717) is 37.2 Å². The van der Waals surface area contributed by atoms with E-state index in [1.54, 1.807) is 11.8 Å². The summed E-state index contributed by atoms with van der Waals surface area (Å²) < 4.78 is 43.8. The third-order valence-corrected chi connectivity index (χ3v) is 5.95. The number of fused-ring (bicyclic) bond motifs is 3. The summed E-state index contributed by atoms with van der Waals surface area (Å²) in [4.78, 5) is 28.6. The Kier molecular flexibility index (Phi) is 5.33. The fourth-order valence-electron chi connectivity index (χ4n) is 4.64. The van der Waals surface area contributed by atoms with Crippen molar-refractivity contribution in [3.05, 3.63) is 28.7 Å². The van der Waals surface area contributed by atoms with Gasteiger partial charge in [0.1, 0.15) is 5.82 Å². The lowest BCUT2D eigenvalue weighted by molar-refractivity contribution is -0.116. The van der Waals surface area contributed by atoms with Gasteiger partial charge in [-0.3, -0.25) is 9.59 Å². The smallest absolute Gasteiger partial charge is 0.296 e. The Balaban J connectivity index is 1.82. The highest BCUT2D eigenvalue weighted by Gasteiger charge is 2.38. The maximum atomic E-state index is 15.3. The van der Waals surface area contributed by atoms with Crippen LogP contribution in [0.1, 0.15) is 47.8 Å². The summed E-state index contributed by atoms with van der Waals surface area (Å²) in [6.45, 7) is 2.35. The van der Waals surface area contributed by atoms with Gasteiger partial charge >= 0.3 is 0 Å². The molecule has 0 saturated carbocycles. The number of anilines is 1. The van der Waals surface area contributed by atoms with Crippen molar-refractivity contribution in [2.45, 2.75) is 51.0 Å². The number of aryl methyl sites for hydroxylation is 1. The number of carbonyl (C=O) groups is 2. The Morgan fingerprint density at radius 1 is 1.39 bits per heavy atom. The number of aromatic nitrogens is 1. The van der Waals surface area contributed by atoms with Gasteiger partial charge in [-0.1, -0.05) is 5.92 Å². The summed E-state index contributed by atoms with van der Waals surface area (Å²) in [5, 5.41) is 3.09. The molecule has 1 aromatic heterocycles. The molecule has 4 rings (SSSR count). The van der Waals surface area contributed by atoms with Gasteiger partial charge in [0.05, 0.1) is 16.8 Å². The minimum absolute atomic E-state index is 0.0611. The monoisotopic (exact) mass is 432 g/mol. The number of nitrogens with zero attached hydrogens (tertiary/aromatic N) is 1. The number of nitrogens with two attached hydrogens (primary N) is 1. The van der Waals surface area contributed by atoms with Crippen LogP contribution in [0.25, 0.3) is 10.9 Å². The molecule has 0 spiro atoms. The van der Waals surface area contributed by atoms with Crippen LogP contribution in [0.5, 0.6) is 0 Å². The predicted octanol–water partition coefficient (Wildman–Crippen LogP) is 2.64. The molecule has 1 atom stereocenters. The Bertz CT molecular complexity index is 1130. The van der Waals surface area contributed by atoms with Gasteiger partial charge in [-0.25, -0.2) is 13.2 Å². The van der Waals surface area contributed by atoms with Gasteiger partial charge in [-0.05, 0) is 43.7 Å². The summed E-state index contributed by atoms with van der Waals surface area (Å²) in [6, 6.07) is 0.800. The van der Waals surface area contributed by atoms with E-state index >= 15 is 4.39 Å². The van der Waals surface area contributed by atoms with Crippen molar-refractivity contribution in [1.82, 2.24) is 10.3 Å². The van der Waals surface area contributed by atoms with Crippen LogP contribution < -0.4 is 16.0 Å². The molecular weight excluding hydrogens is 409 g/mol. The van der Waals surface area contributed by atoms with E-state index in [2.05, 4.69) is 22.1 Å². The van der Waals surface area contributed by atoms with Gasteiger partial charge in [-0.15, -0.1) is 0 Å². The van der Waals surface area contributed by atoms with Crippen molar-refractivity contribution in [2.24, 2.45) is 5.73 Å². The highest BCUT2D eigenvalue weighted by Crippen LogP contribution is 2.43. The number of H-pyrrole nitrogens is 1. The molecule has 164 valence electrons. The van der Waals surface area contributed by atoms with Crippen LogP contribution in [0.3, 0.4) is 0 Å². The fraction of sp³-hybridized carbons (Fsp3) is 0.455. The van der Waals surface area contributed by atoms with Crippen molar-refractivity contribution in [3.8, 4) is 11.8 Å². The van der Waals surface area contributed by atoms with Crippen LogP contribution in [0.2, 0.25) is 0 Å². The lowest BCUT2D eigenvalue weighted by Crippen LogP contribution is -2.48. The van der Waals surface area contributed by atoms with Gasteiger partial charge in [0.2, 0.25) is 0 Å². The van der Waals surface area contributed by atoms with Crippen LogP contribution >= 0.6 is 0 Å². The second-order valence-corrected chi connectivity index (χ2v) is 8.12. The lowest BCUT2D eigenvalue weighted by atomic mass is 9.91. The lowest BCUT2D eigenvalue weighted by Gasteiger charge is -2.35. The molecular formula is C22H23F3N4O2. The van der Waals surface area contributed by atoms with Crippen LogP contribution in [-0.2, 0) is 17.6 Å². The van der Waals surface area contributed by atoms with Gasteiger partial charge in [0.15, 0.2) is 0 Å². The number of hydrogen-bond donors (Lipinski definition) is 3. The number of hydrogen-bond acceptors (Lipinski definition) is 3. The summed E-state index contributed by atoms with van der Waals surface area (Å²) in [7, 11) is 0. The normalized spacial score (nSPS) is 20.0. The van der Waals surface area contributed by atoms with E-state index in [0.717, 1.165) is 6.07 Å². The van der Waals surface area contributed by atoms with Crippen molar-refractivity contribution < 1.29 is 22.8 Å². The van der Waals surface area contributed by atoms with E-state index in [1.165, 1.54) is 0 Å². The number of alkyl halides is 2. The number of primary amides is 1. The molecule has 0 bridgehead atoms. The average Bonchev–Trinajstić information content (AvgIpc) is 3.05. The molecule has 1 fully saturated rings. The molecule has 1 saturated heterocycles. The zero-order chi connectivity index (χ0) is 22.3. The molecule has 1 aliphatic heterocycles. The van der Waals surface area contributed by atoms with Gasteiger partial charge in [0.25, 0.3) is 17.7 Å². The first-order valence-electron chi connectivity index (χ1n) is 10.2. The number of benzene rings is 1. The Morgan fingerprint density at radius 2 is 2.16 bits per heavy atom. The van der Waals surface area contributed by atoms with Crippen molar-refractivity contribution in [1.29, 1.82) is 0 Å². The van der Waals surface area contributed by atoms with Gasteiger partial charge in [-0.2, -0.15) is 0 Å². The number of nitrogens with one attached hydrogen (secondary N) is 2. The molecule has 2 amide bonds. The van der Waals surface area contributed by atoms with Gasteiger partial charge < -0.3 is 20.9 Å². The van der Waals surface area contributed by atoms with Gasteiger partial charge in [0, 0.05) is 43.1 Å². The first-order chi connectivity index (χ1) is 14.7. The maximum Gasteiger partial charge on any atom is 0.296 e. The standard InChI is InChI=1S/C22H23F3N4O2/c1-2-4-17(30)27-12-5-3-8-29(11-12)20-15(23)9-13(21(26)31)19-18(20)14-10-22(24,25)7-6-16(14)28-19/h9,12,28H,3,5-8,10-11H2,1H3,(H2,26,31)(H,27,30). The molecule has 4 N–H and O–H groups in total. The Morgan fingerprint density at radius 3 is 2.87 bits per heavy atom. The zero-order valence-electron chi connectivity index (χ0n) is 17.1. The molecule has 2 aliphatic rings. The minimum Gasteiger partial charge on any atom is -0.367 e. The number of aromatic amines is 1. The Labute approximate surface area is 177 Å². The third-order valence-electron chi connectivity index (χ3n) is 5.95. The summed E-state index contributed by atoms with van der Waals surface area (Å²) in [5.41, 5.74) is 6.74. The van der Waals surface area contributed by atoms with Crippen LogP contribution in [0.4, 0.5) is 18.9 Å². The number of piperidine rings is 1. The highest BCUT2D eigenvalue weighted by atomic mass is 19.3. The summed E-state index contributed by atoms with van der Waals surface area (Å²) >= 11 is 0. The number of amides is 2. The largest absolute Gasteiger partial charge is 0.367 e. The molecule has 1 unspecified atom stereocenters. The van der Waals surface area contributed by atoms with E-state index < -0.39 is 30.0 Å². The number of carbonyl (C=O) groups excluding carboxylic acids is 2. The molecule has 31 heavy (non-hydrogen) atoms. The van der Waals surface area contributed by atoms with Crippen LogP contribution in [0.15, 0.2) is 6.07 Å². The molecule has 1 aromatic carbocycles. The highest BCUT2D eigenvalue weighted by molar-refractivity contribution is 6.10. The first-order valence-corrected chi connectivity index (χ1v) is 10.2. The quantitative estimate of drug-likeness (QED) is 0.652. The topological polar surface area (TPSA) is 91.2 Å². The Hall–Kier alpha value is -3.15. The SMILES string of the molecule is CC#CC(=O)NC1CCCN(c2c(F)cc(C(N)=O)c3[nH]c4c(c23)CC(F)(F)CC4)C1. The molecule has 2 heterocycles. The molecule has 0 radical (unpaired) electrons. The van der Waals surface area contributed by atoms with Crippen molar-refractivity contribution in [2.75, 3.05) is 18.0 Å². The first kappa shape index (κ1) is 21.1. The fourth-order valence-corrected chi connectivity index (χ4v) is 4.64. The average molecular weight is 432 g/mol. The molecule has 6 nitrogen and oxygen atoms in total. The summed E-state index contributed by atoms with van der Waals surface area (Å²) in [6.07, 6.45) is 0.626. The van der Waals surface area contributed by atoms with Crippen LogP contribution in [-0.4, -0.2) is 41.9 Å². The second-order valence-electron chi connectivity index (χ2n) is 8.12. The van der Waals surface area contributed by atoms with Crippen LogP contribution in [0, 0.1) is 17.7 Å². The van der Waals surface area contributed by atoms with E-state index in [9.17, 15) is 18.4 Å². The number of rotatable bonds is 3. The van der Waals surface area contributed by atoms with E-state index in [4.69, 9.17) is 5.73 Å². The van der Waals surface area contributed by atoms with Crippen molar-refractivity contribution >= 4 is 28.4 Å². The third kappa shape index (κ3) is 3.94. The molecule has 9 heteroatoms. The van der Waals surface area contributed by atoms with Crippen molar-refractivity contribution in [3.63, 3.8) is 0 Å².